The van der Waals surface area contributed by atoms with Gasteiger partial charge in [0.25, 0.3) is 0 Å². The van der Waals surface area contributed by atoms with Crippen molar-refractivity contribution < 1.29 is 24.9 Å². The van der Waals surface area contributed by atoms with Gasteiger partial charge in [0.15, 0.2) is 5.82 Å². The molecule has 10 nitrogen and oxygen atoms in total. The highest BCUT2D eigenvalue weighted by Crippen LogP contribution is 2.25. The Labute approximate surface area is 153 Å². The van der Waals surface area contributed by atoms with Crippen molar-refractivity contribution in [2.45, 2.75) is 12.6 Å². The number of carbonyl (C=O) groups is 2. The van der Waals surface area contributed by atoms with Gasteiger partial charge in [0, 0.05) is 37.3 Å². The first-order chi connectivity index (χ1) is 12.3. The van der Waals surface area contributed by atoms with Crippen molar-refractivity contribution in [1.29, 1.82) is 0 Å². The molecule has 0 saturated carbocycles. The maximum Gasteiger partial charge on any atom is 0.414 e. The Balaban J connectivity index is 0.000000352. The topological polar surface area (TPSA) is 166 Å². The van der Waals surface area contributed by atoms with Crippen LogP contribution in [0, 0.1) is 5.92 Å². The van der Waals surface area contributed by atoms with E-state index in [0.717, 1.165) is 42.0 Å². The molecule has 1 aliphatic heterocycles. The number of aromatic amines is 1. The Morgan fingerprint density at radius 1 is 1.35 bits per heavy atom. The Morgan fingerprint density at radius 2 is 2.04 bits per heavy atom. The SMILES string of the molecule is CSC[C@H]1CN(Cc2c[nH]c3c(N)ncnc23)C[C@@H]1O.O=C(O)C(=O)O. The minimum Gasteiger partial charge on any atom is -0.473 e. The lowest BCUT2D eigenvalue weighted by molar-refractivity contribution is -0.159. The summed E-state index contributed by atoms with van der Waals surface area (Å²) in [5.74, 6) is -1.82. The molecule has 2 aromatic heterocycles. The van der Waals surface area contributed by atoms with Crippen molar-refractivity contribution in [2.75, 3.05) is 30.8 Å². The molecule has 0 spiro atoms. The first-order valence-electron chi connectivity index (χ1n) is 7.75. The first-order valence-corrected chi connectivity index (χ1v) is 9.14. The third-order valence-corrected chi connectivity index (χ3v) is 4.77. The number of aliphatic carboxylic acids is 2. The minimum absolute atomic E-state index is 0.229. The quantitative estimate of drug-likeness (QED) is 0.448. The van der Waals surface area contributed by atoms with Crippen molar-refractivity contribution in [3.63, 3.8) is 0 Å². The van der Waals surface area contributed by atoms with E-state index in [4.69, 9.17) is 25.5 Å². The Hall–Kier alpha value is -2.37. The molecule has 6 N–H and O–H groups in total. The summed E-state index contributed by atoms with van der Waals surface area (Å²) in [4.78, 5) is 31.9. The molecule has 1 saturated heterocycles. The molecule has 3 heterocycles. The van der Waals surface area contributed by atoms with Gasteiger partial charge in [-0.3, -0.25) is 4.90 Å². The van der Waals surface area contributed by atoms with Gasteiger partial charge in [0.1, 0.15) is 11.8 Å². The fourth-order valence-corrected chi connectivity index (χ4v) is 3.58. The molecular formula is C15H21N5O5S. The normalized spacial score (nSPS) is 19.9. The molecule has 0 aliphatic carbocycles. The largest absolute Gasteiger partial charge is 0.473 e. The average molecular weight is 383 g/mol. The van der Waals surface area contributed by atoms with Crippen molar-refractivity contribution in [2.24, 2.45) is 5.92 Å². The summed E-state index contributed by atoms with van der Waals surface area (Å²) in [5.41, 5.74) is 8.60. The monoisotopic (exact) mass is 383 g/mol. The van der Waals surface area contributed by atoms with E-state index in [1.54, 1.807) is 11.8 Å². The molecule has 142 valence electrons. The summed E-state index contributed by atoms with van der Waals surface area (Å²) >= 11 is 1.79. The number of H-pyrrole nitrogens is 1. The molecule has 26 heavy (non-hydrogen) atoms. The summed E-state index contributed by atoms with van der Waals surface area (Å²) < 4.78 is 0. The van der Waals surface area contributed by atoms with E-state index in [9.17, 15) is 5.11 Å². The summed E-state index contributed by atoms with van der Waals surface area (Å²) in [6.45, 7) is 2.42. The number of aliphatic hydroxyl groups is 1. The van der Waals surface area contributed by atoms with Crippen LogP contribution in [-0.2, 0) is 16.1 Å². The molecule has 0 radical (unpaired) electrons. The molecule has 1 fully saturated rings. The van der Waals surface area contributed by atoms with Gasteiger partial charge in [-0.2, -0.15) is 11.8 Å². The Bertz CT molecular complexity index is 771. The predicted octanol–water partition coefficient (Wildman–Crippen LogP) is -0.149. The van der Waals surface area contributed by atoms with Crippen LogP contribution in [0.3, 0.4) is 0 Å². The Morgan fingerprint density at radius 3 is 2.65 bits per heavy atom. The third-order valence-electron chi connectivity index (χ3n) is 4.01. The highest BCUT2D eigenvalue weighted by Gasteiger charge is 2.31. The number of nitrogens with two attached hydrogens (primary N) is 1. The number of likely N-dealkylation sites (tertiary alicyclic amines) is 1. The highest BCUT2D eigenvalue weighted by molar-refractivity contribution is 7.98. The average Bonchev–Trinajstić information content (AvgIpc) is 3.14. The Kier molecular flexibility index (Phi) is 6.77. The lowest BCUT2D eigenvalue weighted by atomic mass is 10.1. The van der Waals surface area contributed by atoms with E-state index in [0.29, 0.717) is 11.7 Å². The molecule has 2 aromatic rings. The number of thioether (sulfide) groups is 1. The number of nitrogens with zero attached hydrogens (tertiary/aromatic N) is 3. The van der Waals surface area contributed by atoms with Crippen molar-refractivity contribution >= 4 is 40.6 Å². The summed E-state index contributed by atoms with van der Waals surface area (Å²) in [5, 5.41) is 24.9. The second-order valence-corrected chi connectivity index (χ2v) is 6.79. The van der Waals surface area contributed by atoms with Gasteiger partial charge in [-0.1, -0.05) is 0 Å². The fourth-order valence-electron chi connectivity index (χ4n) is 2.82. The van der Waals surface area contributed by atoms with Gasteiger partial charge in [0.05, 0.1) is 11.6 Å². The first kappa shape index (κ1) is 19.9. The number of hydrogen-bond donors (Lipinski definition) is 5. The molecule has 0 amide bonds. The molecule has 0 aromatic carbocycles. The lowest BCUT2D eigenvalue weighted by Crippen LogP contribution is -2.21. The molecule has 2 atom stereocenters. The zero-order valence-electron chi connectivity index (χ0n) is 14.1. The minimum atomic E-state index is -1.82. The van der Waals surface area contributed by atoms with E-state index < -0.39 is 11.9 Å². The van der Waals surface area contributed by atoms with Gasteiger partial charge in [-0.25, -0.2) is 19.6 Å². The molecule has 3 rings (SSSR count). The molecule has 0 bridgehead atoms. The van der Waals surface area contributed by atoms with Crippen LogP contribution in [0.4, 0.5) is 5.82 Å². The summed E-state index contributed by atoms with van der Waals surface area (Å²) in [6, 6.07) is 0. The van der Waals surface area contributed by atoms with Gasteiger partial charge in [-0.05, 0) is 12.0 Å². The zero-order valence-corrected chi connectivity index (χ0v) is 14.9. The van der Waals surface area contributed by atoms with Crippen LogP contribution in [0.1, 0.15) is 5.56 Å². The summed E-state index contributed by atoms with van der Waals surface area (Å²) in [6.07, 6.45) is 5.27. The fraction of sp³-hybridized carbons (Fsp3) is 0.467. The number of aromatic nitrogens is 3. The second-order valence-electron chi connectivity index (χ2n) is 5.88. The molecular weight excluding hydrogens is 362 g/mol. The van der Waals surface area contributed by atoms with Gasteiger partial charge >= 0.3 is 11.9 Å². The molecule has 11 heteroatoms. The summed E-state index contributed by atoms with van der Waals surface area (Å²) in [7, 11) is 0. The number of fused-ring (bicyclic) bond motifs is 1. The second kappa shape index (κ2) is 8.83. The van der Waals surface area contributed by atoms with E-state index in [1.165, 1.54) is 6.33 Å². The van der Waals surface area contributed by atoms with Crippen LogP contribution < -0.4 is 5.73 Å². The van der Waals surface area contributed by atoms with E-state index in [2.05, 4.69) is 26.1 Å². The van der Waals surface area contributed by atoms with Gasteiger partial charge < -0.3 is 26.0 Å². The maximum absolute atomic E-state index is 10.1. The smallest absolute Gasteiger partial charge is 0.414 e. The number of aliphatic hydroxyl groups excluding tert-OH is 1. The molecule has 0 unspecified atom stereocenters. The number of hydrogen-bond acceptors (Lipinski definition) is 8. The van der Waals surface area contributed by atoms with E-state index >= 15 is 0 Å². The number of β-amino-alcohol motifs (C(OH)–C–C–N with tert-alkyl or cyclic N) is 1. The number of carboxylic acids is 2. The number of nitrogens with one attached hydrogen (secondary N) is 1. The van der Waals surface area contributed by atoms with E-state index in [1.807, 2.05) is 6.20 Å². The van der Waals surface area contributed by atoms with Crippen LogP contribution in [0.2, 0.25) is 0 Å². The van der Waals surface area contributed by atoms with E-state index in [-0.39, 0.29) is 6.10 Å². The number of anilines is 1. The highest BCUT2D eigenvalue weighted by atomic mass is 32.2. The van der Waals surface area contributed by atoms with Crippen LogP contribution in [0.25, 0.3) is 11.0 Å². The standard InChI is InChI=1S/C13H19N5OS.C2H2O4/c1-20-6-9-4-18(5-10(9)19)3-8-2-15-12-11(8)16-7-17-13(12)14;3-1(4)2(5)6/h2,7,9-10,15,19H,3-6H2,1H3,(H2,14,16,17);(H,3,4)(H,5,6)/t9-,10+;/m1./s1. The lowest BCUT2D eigenvalue weighted by Gasteiger charge is -2.14. The number of rotatable bonds is 4. The number of carboxylic acid groups (broad SMARTS) is 2. The van der Waals surface area contributed by atoms with Crippen LogP contribution in [0.15, 0.2) is 12.5 Å². The van der Waals surface area contributed by atoms with Crippen LogP contribution >= 0.6 is 11.8 Å². The third kappa shape index (κ3) is 4.84. The number of nitrogen functional groups attached to an aromatic ring is 1. The zero-order chi connectivity index (χ0) is 19.3. The van der Waals surface area contributed by atoms with Crippen molar-refractivity contribution in [3.8, 4) is 0 Å². The van der Waals surface area contributed by atoms with Gasteiger partial charge in [-0.15, -0.1) is 0 Å². The maximum atomic E-state index is 10.1. The van der Waals surface area contributed by atoms with Crippen molar-refractivity contribution in [3.05, 3.63) is 18.1 Å². The molecule has 1 aliphatic rings. The van der Waals surface area contributed by atoms with Gasteiger partial charge in [0.2, 0.25) is 0 Å². The van der Waals surface area contributed by atoms with Crippen molar-refractivity contribution in [1.82, 2.24) is 19.9 Å². The van der Waals surface area contributed by atoms with Crippen LogP contribution in [-0.4, -0.2) is 78.3 Å². The van der Waals surface area contributed by atoms with Crippen LogP contribution in [0.5, 0.6) is 0 Å². The predicted molar refractivity (Wildman–Crippen MR) is 96.7 cm³/mol.